The van der Waals surface area contributed by atoms with Gasteiger partial charge in [0.2, 0.25) is 11.8 Å². The minimum Gasteiger partial charge on any atom is -0.485 e. The molecule has 0 fully saturated rings. The molecule has 0 amide bonds. The van der Waals surface area contributed by atoms with Crippen LogP contribution in [0.1, 0.15) is 6.92 Å². The Hall–Kier alpha value is -1.41. The van der Waals surface area contributed by atoms with E-state index in [9.17, 15) is 17.6 Å². The molecule has 0 bridgehead atoms. The van der Waals surface area contributed by atoms with Crippen LogP contribution in [-0.4, -0.2) is 23.9 Å². The van der Waals surface area contributed by atoms with Crippen LogP contribution in [0.15, 0.2) is 12.3 Å². The first kappa shape index (κ1) is 17.6. The maximum Gasteiger partial charge on any atom is 0.422 e. The van der Waals surface area contributed by atoms with Gasteiger partial charge in [0.1, 0.15) is 15.8 Å². The summed E-state index contributed by atoms with van der Waals surface area (Å²) in [5, 5.41) is -0.746. The van der Waals surface area contributed by atoms with Gasteiger partial charge in [-0.3, -0.25) is 0 Å². The van der Waals surface area contributed by atoms with Gasteiger partial charge in [-0.1, -0.05) is 29.8 Å². The molecule has 0 spiro atoms. The summed E-state index contributed by atoms with van der Waals surface area (Å²) in [4.78, 5) is 3.31. The molecule has 21 heavy (non-hydrogen) atoms. The maximum absolute atomic E-state index is 13.3. The monoisotopic (exact) mass is 348 g/mol. The molecular weight excluding hydrogens is 339 g/mol. The molecule has 1 rings (SSSR count). The number of nitrogens with two attached hydrogens (primary N) is 1. The molecule has 0 aliphatic heterocycles. The second-order valence-electron chi connectivity index (χ2n) is 3.88. The Morgan fingerprint density at radius 2 is 1.95 bits per heavy atom. The third kappa shape index (κ3) is 4.82. The fourth-order valence-corrected chi connectivity index (χ4v) is 1.48. The molecule has 0 unspecified atom stereocenters. The molecule has 0 aliphatic carbocycles. The number of nitrogens with zero attached hydrogens (tertiary/aromatic N) is 1. The van der Waals surface area contributed by atoms with E-state index < -0.39 is 35.7 Å². The summed E-state index contributed by atoms with van der Waals surface area (Å²) in [7, 11) is 0. The molecule has 0 aromatic carbocycles. The largest absolute Gasteiger partial charge is 0.485 e. The fraction of sp³-hybridized carbons (Fsp3) is 0.364. The van der Waals surface area contributed by atoms with Crippen molar-refractivity contribution < 1.29 is 27.0 Å². The van der Waals surface area contributed by atoms with Gasteiger partial charge in [-0.05, 0) is 6.92 Å². The Kier molecular flexibility index (Phi) is 5.52. The third-order valence-corrected chi connectivity index (χ3v) is 2.93. The standard InChI is InChI=1S/C11H10Cl2F4N2O2/c1-4(20-3-11(15,16)17)5(2)21-10-7(13)8(18)6(12)9(14)19-10/h5H,1,3H2,2H3,(H2,18,19)/t5-/m1/s1. The van der Waals surface area contributed by atoms with E-state index in [0.717, 1.165) is 0 Å². The summed E-state index contributed by atoms with van der Waals surface area (Å²) in [6.07, 6.45) is -5.59. The molecule has 0 saturated carbocycles. The van der Waals surface area contributed by atoms with Crippen LogP contribution in [0.5, 0.6) is 5.88 Å². The number of ether oxygens (including phenoxy) is 2. The van der Waals surface area contributed by atoms with Crippen LogP contribution in [0.3, 0.4) is 0 Å². The number of halogens is 6. The Balaban J connectivity index is 2.80. The van der Waals surface area contributed by atoms with Crippen LogP contribution in [-0.2, 0) is 4.74 Å². The van der Waals surface area contributed by atoms with Gasteiger partial charge in [-0.2, -0.15) is 22.5 Å². The lowest BCUT2D eigenvalue weighted by atomic mass is 10.3. The predicted octanol–water partition coefficient (Wildman–Crippen LogP) is 3.97. The van der Waals surface area contributed by atoms with Gasteiger partial charge in [-0.15, -0.1) is 0 Å². The molecule has 1 aromatic rings. The van der Waals surface area contributed by atoms with Gasteiger partial charge in [0.15, 0.2) is 12.7 Å². The van der Waals surface area contributed by atoms with E-state index in [1.165, 1.54) is 6.92 Å². The average molecular weight is 349 g/mol. The van der Waals surface area contributed by atoms with E-state index in [1.54, 1.807) is 0 Å². The number of hydrogen-bond donors (Lipinski definition) is 1. The summed E-state index contributed by atoms with van der Waals surface area (Å²) in [6.45, 7) is 3.07. The molecule has 0 aliphatic rings. The fourth-order valence-electron chi connectivity index (χ4n) is 1.11. The Labute approximate surface area is 127 Å². The summed E-state index contributed by atoms with van der Waals surface area (Å²) in [6, 6.07) is 0. The SMILES string of the molecule is C=C(OCC(F)(F)F)[C@@H](C)Oc1nc(F)c(Cl)c(N)c1Cl. The lowest BCUT2D eigenvalue weighted by molar-refractivity contribution is -0.167. The van der Waals surface area contributed by atoms with Crippen LogP contribution >= 0.6 is 23.2 Å². The van der Waals surface area contributed by atoms with E-state index >= 15 is 0 Å². The summed E-state index contributed by atoms with van der Waals surface area (Å²) in [5.41, 5.74) is 5.13. The normalized spacial score (nSPS) is 12.9. The van der Waals surface area contributed by atoms with Gasteiger partial charge >= 0.3 is 6.18 Å². The minimum absolute atomic E-state index is 0.267. The van der Waals surface area contributed by atoms with Crippen molar-refractivity contribution in [2.45, 2.75) is 19.2 Å². The highest BCUT2D eigenvalue weighted by molar-refractivity contribution is 6.39. The quantitative estimate of drug-likeness (QED) is 0.497. The second kappa shape index (κ2) is 6.57. The van der Waals surface area contributed by atoms with Crippen LogP contribution in [0.25, 0.3) is 0 Å². The van der Waals surface area contributed by atoms with E-state index in [0.29, 0.717) is 0 Å². The Morgan fingerprint density at radius 3 is 2.48 bits per heavy atom. The van der Waals surface area contributed by atoms with Gasteiger partial charge in [0, 0.05) is 0 Å². The number of rotatable bonds is 5. The average Bonchev–Trinajstić information content (AvgIpc) is 2.38. The number of alkyl halides is 3. The molecular formula is C11H10Cl2F4N2O2. The first-order chi connectivity index (χ1) is 9.53. The zero-order valence-electron chi connectivity index (χ0n) is 10.6. The van der Waals surface area contributed by atoms with Crippen molar-refractivity contribution in [3.8, 4) is 5.88 Å². The van der Waals surface area contributed by atoms with Crippen molar-refractivity contribution in [3.05, 3.63) is 28.3 Å². The van der Waals surface area contributed by atoms with Crippen molar-refractivity contribution in [1.82, 2.24) is 4.98 Å². The molecule has 1 aromatic heterocycles. The van der Waals surface area contributed by atoms with Crippen molar-refractivity contribution in [2.75, 3.05) is 12.3 Å². The Bertz CT molecular complexity index is 552. The second-order valence-corrected chi connectivity index (χ2v) is 4.64. The van der Waals surface area contributed by atoms with Crippen molar-refractivity contribution in [3.63, 3.8) is 0 Å². The zero-order valence-corrected chi connectivity index (χ0v) is 12.1. The number of pyridine rings is 1. The lowest BCUT2D eigenvalue weighted by Crippen LogP contribution is -2.23. The van der Waals surface area contributed by atoms with Crippen LogP contribution < -0.4 is 10.5 Å². The first-order valence-electron chi connectivity index (χ1n) is 5.38. The predicted molar refractivity (Wildman–Crippen MR) is 69.9 cm³/mol. The summed E-state index contributed by atoms with van der Waals surface area (Å²) >= 11 is 11.2. The minimum atomic E-state index is -4.52. The van der Waals surface area contributed by atoms with Crippen LogP contribution in [0.2, 0.25) is 10.0 Å². The zero-order chi connectivity index (χ0) is 16.4. The maximum atomic E-state index is 13.3. The highest BCUT2D eigenvalue weighted by Gasteiger charge is 2.29. The number of nitrogen functional groups attached to an aromatic ring is 1. The highest BCUT2D eigenvalue weighted by Crippen LogP contribution is 2.36. The molecule has 2 N–H and O–H groups in total. The van der Waals surface area contributed by atoms with Gasteiger partial charge in [0.05, 0.1) is 5.69 Å². The number of hydrogen-bond acceptors (Lipinski definition) is 4. The van der Waals surface area contributed by atoms with Gasteiger partial charge < -0.3 is 15.2 Å². The lowest BCUT2D eigenvalue weighted by Gasteiger charge is -2.19. The van der Waals surface area contributed by atoms with Crippen molar-refractivity contribution in [1.29, 1.82) is 0 Å². The number of anilines is 1. The van der Waals surface area contributed by atoms with Crippen molar-refractivity contribution in [2.24, 2.45) is 0 Å². The van der Waals surface area contributed by atoms with E-state index in [4.69, 9.17) is 33.7 Å². The number of aromatic nitrogens is 1. The molecule has 4 nitrogen and oxygen atoms in total. The van der Waals surface area contributed by atoms with Gasteiger partial charge in [0.25, 0.3) is 0 Å². The van der Waals surface area contributed by atoms with Crippen LogP contribution in [0, 0.1) is 5.95 Å². The van der Waals surface area contributed by atoms with Crippen molar-refractivity contribution >= 4 is 28.9 Å². The van der Waals surface area contributed by atoms with E-state index in [-0.39, 0.29) is 16.5 Å². The molecule has 118 valence electrons. The van der Waals surface area contributed by atoms with E-state index in [1.807, 2.05) is 0 Å². The third-order valence-electron chi connectivity index (χ3n) is 2.20. The molecule has 1 atom stereocenters. The highest BCUT2D eigenvalue weighted by atomic mass is 35.5. The molecule has 1 heterocycles. The summed E-state index contributed by atoms with van der Waals surface area (Å²) in [5.74, 6) is -1.89. The molecule has 10 heteroatoms. The first-order valence-corrected chi connectivity index (χ1v) is 6.13. The molecule has 0 saturated heterocycles. The molecule has 0 radical (unpaired) electrons. The van der Waals surface area contributed by atoms with Gasteiger partial charge in [-0.25, -0.2) is 0 Å². The van der Waals surface area contributed by atoms with Crippen LogP contribution in [0.4, 0.5) is 23.2 Å². The smallest absolute Gasteiger partial charge is 0.422 e. The topological polar surface area (TPSA) is 57.4 Å². The Morgan fingerprint density at radius 1 is 1.38 bits per heavy atom. The summed E-state index contributed by atoms with van der Waals surface area (Å²) < 4.78 is 58.8. The van der Waals surface area contributed by atoms with E-state index in [2.05, 4.69) is 16.3 Å².